The highest BCUT2D eigenvalue weighted by Crippen LogP contribution is 2.37. The number of nitrogens with zero attached hydrogens (tertiary/aromatic N) is 4. The van der Waals surface area contributed by atoms with Crippen molar-refractivity contribution in [1.29, 1.82) is 0 Å². The fraction of sp³-hybridized carbons (Fsp3) is 0.522. The zero-order valence-electron chi connectivity index (χ0n) is 20.8. The highest BCUT2D eigenvalue weighted by molar-refractivity contribution is 5.73. The fourth-order valence-electron chi connectivity index (χ4n) is 3.63. The van der Waals surface area contributed by atoms with Crippen LogP contribution in [0.4, 0.5) is 32.2 Å². The summed E-state index contributed by atoms with van der Waals surface area (Å²) in [6.45, 7) is 7.08. The summed E-state index contributed by atoms with van der Waals surface area (Å²) >= 11 is 0. The van der Waals surface area contributed by atoms with E-state index < -0.39 is 24.3 Å². The Morgan fingerprint density at radius 1 is 1.05 bits per heavy atom. The van der Waals surface area contributed by atoms with Crippen LogP contribution in [0.25, 0.3) is 0 Å². The van der Waals surface area contributed by atoms with Gasteiger partial charge in [0.25, 0.3) is 0 Å². The number of aryl methyl sites for hydroxylation is 2. The van der Waals surface area contributed by atoms with E-state index in [2.05, 4.69) is 33.1 Å². The van der Waals surface area contributed by atoms with Gasteiger partial charge in [-0.15, -0.1) is 5.10 Å². The Bertz CT molecular complexity index is 1080. The summed E-state index contributed by atoms with van der Waals surface area (Å²) in [5.74, 6) is -4.59. The van der Waals surface area contributed by atoms with Crippen LogP contribution in [-0.4, -0.2) is 81.1 Å². The number of ether oxygens (including phenoxy) is 2. The molecule has 2 aliphatic heterocycles. The summed E-state index contributed by atoms with van der Waals surface area (Å²) in [5.41, 5.74) is 3.14. The molecule has 4 heterocycles. The highest BCUT2D eigenvalue weighted by Gasteiger charge is 2.48. The number of anilines is 1. The molecule has 0 aliphatic carbocycles. The minimum Gasteiger partial charge on any atom is -0.475 e. The molecule has 2 N–H and O–H groups in total. The molecule has 2 aromatic heterocycles. The number of alkyl halides is 6. The van der Waals surface area contributed by atoms with Crippen LogP contribution < -0.4 is 4.90 Å². The number of aliphatic carboxylic acids is 2. The maximum absolute atomic E-state index is 10.6. The molecule has 4 rings (SSSR count). The standard InChI is InChI=1S/C19H24N4O2.2C2HF3O2/c1-14-7-16(10-20-9-14)11-24-17-5-6-25-19(8-17)12-23(13-19)18-4-3-15(2)21-22-18;2*3-2(4,5)1(6)7/h3-4,7,9-10,17H,5-6,8,11-13H2,1-2H3;2*(H,6,7). The van der Waals surface area contributed by atoms with Gasteiger partial charge in [-0.05, 0) is 43.5 Å². The highest BCUT2D eigenvalue weighted by atomic mass is 19.4. The normalized spacial score (nSPS) is 18.2. The van der Waals surface area contributed by atoms with Gasteiger partial charge in [0.2, 0.25) is 0 Å². The van der Waals surface area contributed by atoms with Gasteiger partial charge in [-0.1, -0.05) is 6.07 Å². The quantitative estimate of drug-likeness (QED) is 0.526. The summed E-state index contributed by atoms with van der Waals surface area (Å²) in [6.07, 6.45) is -4.30. The number of halogens is 6. The number of aromatic nitrogens is 3. The topological polar surface area (TPSA) is 135 Å². The maximum atomic E-state index is 10.6. The van der Waals surface area contributed by atoms with Gasteiger partial charge < -0.3 is 24.6 Å². The van der Waals surface area contributed by atoms with Crippen molar-refractivity contribution in [3.63, 3.8) is 0 Å². The van der Waals surface area contributed by atoms with E-state index in [1.165, 1.54) is 5.56 Å². The third-order valence-corrected chi connectivity index (χ3v) is 5.42. The Morgan fingerprint density at radius 2 is 1.64 bits per heavy atom. The van der Waals surface area contributed by atoms with Crippen molar-refractivity contribution in [1.82, 2.24) is 15.2 Å². The molecule has 10 nitrogen and oxygen atoms in total. The molecule has 0 aromatic carbocycles. The molecule has 2 fully saturated rings. The van der Waals surface area contributed by atoms with Crippen LogP contribution in [0.5, 0.6) is 0 Å². The molecule has 216 valence electrons. The third-order valence-electron chi connectivity index (χ3n) is 5.42. The van der Waals surface area contributed by atoms with Crippen LogP contribution in [0.1, 0.15) is 29.7 Å². The summed E-state index contributed by atoms with van der Waals surface area (Å²) < 4.78 is 75.7. The van der Waals surface area contributed by atoms with Gasteiger partial charge in [-0.2, -0.15) is 31.4 Å². The zero-order valence-corrected chi connectivity index (χ0v) is 20.8. The van der Waals surface area contributed by atoms with Crippen molar-refractivity contribution in [3.8, 4) is 0 Å². The van der Waals surface area contributed by atoms with E-state index >= 15 is 0 Å². The molecule has 2 saturated heterocycles. The first kappa shape index (κ1) is 31.7. The second kappa shape index (κ2) is 13.0. The van der Waals surface area contributed by atoms with Gasteiger partial charge in [0.05, 0.1) is 31.5 Å². The maximum Gasteiger partial charge on any atom is 0.490 e. The van der Waals surface area contributed by atoms with Gasteiger partial charge in [0, 0.05) is 25.4 Å². The molecule has 2 aromatic rings. The molecule has 1 spiro atoms. The lowest BCUT2D eigenvalue weighted by Crippen LogP contribution is -2.66. The second-order valence-electron chi connectivity index (χ2n) is 8.82. The van der Waals surface area contributed by atoms with E-state index in [4.69, 9.17) is 29.3 Å². The minimum atomic E-state index is -5.08. The first-order valence-corrected chi connectivity index (χ1v) is 11.3. The van der Waals surface area contributed by atoms with Crippen molar-refractivity contribution in [3.05, 3.63) is 47.4 Å². The lowest BCUT2D eigenvalue weighted by atomic mass is 9.84. The molecule has 2 aliphatic rings. The third kappa shape index (κ3) is 10.3. The molecule has 0 radical (unpaired) electrons. The van der Waals surface area contributed by atoms with Crippen LogP contribution in [0.2, 0.25) is 0 Å². The van der Waals surface area contributed by atoms with E-state index in [1.54, 1.807) is 0 Å². The van der Waals surface area contributed by atoms with Crippen LogP contribution >= 0.6 is 0 Å². The molecule has 16 heteroatoms. The number of carbonyl (C=O) groups is 2. The summed E-state index contributed by atoms with van der Waals surface area (Å²) in [5, 5.41) is 22.7. The lowest BCUT2D eigenvalue weighted by Gasteiger charge is -2.53. The Balaban J connectivity index is 0.000000317. The van der Waals surface area contributed by atoms with Crippen molar-refractivity contribution in [2.75, 3.05) is 24.6 Å². The minimum absolute atomic E-state index is 0.0969. The number of hydrogen-bond donors (Lipinski definition) is 2. The van der Waals surface area contributed by atoms with E-state index in [0.717, 1.165) is 49.6 Å². The fourth-order valence-corrected chi connectivity index (χ4v) is 3.63. The van der Waals surface area contributed by atoms with Crippen molar-refractivity contribution < 1.29 is 55.6 Å². The molecule has 0 saturated carbocycles. The van der Waals surface area contributed by atoms with Crippen LogP contribution in [0, 0.1) is 13.8 Å². The summed E-state index contributed by atoms with van der Waals surface area (Å²) in [4.78, 5) is 24.2. The summed E-state index contributed by atoms with van der Waals surface area (Å²) in [6, 6.07) is 6.15. The van der Waals surface area contributed by atoms with Crippen molar-refractivity contribution >= 4 is 17.8 Å². The number of pyridine rings is 1. The molecule has 39 heavy (non-hydrogen) atoms. The predicted molar refractivity (Wildman–Crippen MR) is 122 cm³/mol. The van der Waals surface area contributed by atoms with Gasteiger partial charge in [0.1, 0.15) is 5.60 Å². The largest absolute Gasteiger partial charge is 0.490 e. The molecule has 1 unspecified atom stereocenters. The molecule has 0 bridgehead atoms. The van der Waals surface area contributed by atoms with Crippen molar-refractivity contribution in [2.45, 2.75) is 57.4 Å². The van der Waals surface area contributed by atoms with E-state index in [0.29, 0.717) is 6.61 Å². The van der Waals surface area contributed by atoms with Crippen molar-refractivity contribution in [2.24, 2.45) is 0 Å². The zero-order chi connectivity index (χ0) is 29.4. The van der Waals surface area contributed by atoms with E-state index in [-0.39, 0.29) is 11.7 Å². The number of carboxylic acids is 2. The Kier molecular flexibility index (Phi) is 10.6. The number of rotatable bonds is 4. The summed E-state index contributed by atoms with van der Waals surface area (Å²) in [7, 11) is 0. The number of hydrogen-bond acceptors (Lipinski definition) is 8. The lowest BCUT2D eigenvalue weighted by molar-refractivity contribution is -0.193. The monoisotopic (exact) mass is 568 g/mol. The first-order valence-electron chi connectivity index (χ1n) is 11.3. The average Bonchev–Trinajstić information content (AvgIpc) is 2.82. The Hall–Kier alpha value is -3.53. The van der Waals surface area contributed by atoms with Gasteiger partial charge in [-0.25, -0.2) is 9.59 Å². The number of carboxylic acid groups (broad SMARTS) is 2. The van der Waals surface area contributed by atoms with Gasteiger partial charge >= 0.3 is 24.3 Å². The molecular formula is C23H26F6N4O6. The Morgan fingerprint density at radius 3 is 2.13 bits per heavy atom. The van der Waals surface area contributed by atoms with Crippen LogP contribution in [0.15, 0.2) is 30.6 Å². The second-order valence-corrected chi connectivity index (χ2v) is 8.82. The SMILES string of the molecule is Cc1cncc(COC2CCOC3(C2)CN(c2ccc(C)nn2)C3)c1.O=C(O)C(F)(F)F.O=C(O)C(F)(F)F. The Labute approximate surface area is 218 Å². The molecular weight excluding hydrogens is 542 g/mol. The van der Waals surface area contributed by atoms with E-state index in [9.17, 15) is 26.3 Å². The van der Waals surface area contributed by atoms with E-state index in [1.807, 2.05) is 31.5 Å². The molecule has 0 amide bonds. The predicted octanol–water partition coefficient (Wildman–Crippen LogP) is 3.71. The average molecular weight is 568 g/mol. The first-order chi connectivity index (χ1) is 18.0. The van der Waals surface area contributed by atoms with Crippen LogP contribution in [-0.2, 0) is 25.7 Å². The van der Waals surface area contributed by atoms with Gasteiger partial charge in [-0.3, -0.25) is 4.98 Å². The van der Waals surface area contributed by atoms with Gasteiger partial charge in [0.15, 0.2) is 5.82 Å². The molecule has 1 atom stereocenters. The van der Waals surface area contributed by atoms with Crippen LogP contribution in [0.3, 0.4) is 0 Å². The smallest absolute Gasteiger partial charge is 0.475 e.